The maximum absolute atomic E-state index is 13.4. The van der Waals surface area contributed by atoms with Gasteiger partial charge in [-0.2, -0.15) is 0 Å². The largest absolute Gasteiger partial charge is 0.586 e. The second-order valence-corrected chi connectivity index (χ2v) is 8.21. The van der Waals surface area contributed by atoms with Gasteiger partial charge in [-0.15, -0.1) is 8.78 Å². The number of thiazole rings is 1. The molecule has 1 aliphatic heterocycles. The Hall–Kier alpha value is -3.44. The van der Waals surface area contributed by atoms with E-state index in [1.165, 1.54) is 30.0 Å². The van der Waals surface area contributed by atoms with Crippen LogP contribution in [0, 0.1) is 0 Å². The van der Waals surface area contributed by atoms with Gasteiger partial charge in [0.1, 0.15) is 16.7 Å². The van der Waals surface area contributed by atoms with Crippen molar-refractivity contribution in [1.29, 1.82) is 0 Å². The number of nitrogen functional groups attached to an aromatic ring is 1. The molecule has 0 radical (unpaired) electrons. The second-order valence-electron chi connectivity index (χ2n) is 6.79. The topological polar surface area (TPSA) is 121 Å². The van der Waals surface area contributed by atoms with Crippen LogP contribution in [0.3, 0.4) is 0 Å². The fourth-order valence-corrected chi connectivity index (χ4v) is 4.21. The molecular formula is C20H15ClF2N4O4S. The molecule has 4 N–H and O–H groups in total. The van der Waals surface area contributed by atoms with Crippen molar-refractivity contribution in [3.63, 3.8) is 0 Å². The molecule has 0 bridgehead atoms. The average Bonchev–Trinajstić information content (AvgIpc) is 3.25. The number of ketones is 1. The molecule has 3 aromatic rings. The summed E-state index contributed by atoms with van der Waals surface area (Å²) in [5.41, 5.74) is 12.1. The lowest BCUT2D eigenvalue weighted by molar-refractivity contribution is -0.286. The molecule has 12 heteroatoms. The molecule has 1 aliphatic rings. The van der Waals surface area contributed by atoms with Crippen molar-refractivity contribution in [2.75, 3.05) is 10.6 Å². The number of carbonyl (C=O) groups excluding carboxylic acids is 2. The molecule has 0 saturated heterocycles. The van der Waals surface area contributed by atoms with Crippen molar-refractivity contribution in [2.45, 2.75) is 19.3 Å². The molecular weight excluding hydrogens is 466 g/mol. The van der Waals surface area contributed by atoms with Crippen molar-refractivity contribution in [3.8, 4) is 11.5 Å². The SMILES string of the molecule is C[C@H](C(N)=O)N(c1ccc2c(c1)OC(F)(F)O2)c1nc(N)c(C(=O)c2ccc(Cl)cc2)s1. The minimum Gasteiger partial charge on any atom is -0.395 e. The van der Waals surface area contributed by atoms with E-state index in [0.717, 1.165) is 11.3 Å². The number of hydrogen-bond donors (Lipinski definition) is 2. The van der Waals surface area contributed by atoms with E-state index < -0.39 is 18.2 Å². The zero-order chi connectivity index (χ0) is 23.2. The number of primary amides is 1. The highest BCUT2D eigenvalue weighted by atomic mass is 35.5. The minimum absolute atomic E-state index is 0.0566. The van der Waals surface area contributed by atoms with Crippen molar-refractivity contribution < 1.29 is 27.8 Å². The van der Waals surface area contributed by atoms with Gasteiger partial charge in [0, 0.05) is 22.3 Å². The molecule has 0 saturated carbocycles. The van der Waals surface area contributed by atoms with Gasteiger partial charge in [0.15, 0.2) is 16.6 Å². The number of rotatable bonds is 6. The quantitative estimate of drug-likeness (QED) is 0.512. The summed E-state index contributed by atoms with van der Waals surface area (Å²) in [4.78, 5) is 30.6. The highest BCUT2D eigenvalue weighted by molar-refractivity contribution is 7.18. The first kappa shape index (κ1) is 21.8. The zero-order valence-electron chi connectivity index (χ0n) is 16.3. The zero-order valence-corrected chi connectivity index (χ0v) is 17.9. The van der Waals surface area contributed by atoms with Gasteiger partial charge in [0.25, 0.3) is 0 Å². The fourth-order valence-electron chi connectivity index (χ4n) is 3.03. The Morgan fingerprint density at radius 2 is 1.81 bits per heavy atom. The molecule has 0 spiro atoms. The molecule has 2 heterocycles. The number of nitrogens with two attached hydrogens (primary N) is 2. The first-order valence-corrected chi connectivity index (χ1v) is 10.3. The molecule has 2 aromatic carbocycles. The summed E-state index contributed by atoms with van der Waals surface area (Å²) in [5.74, 6) is -1.55. The van der Waals surface area contributed by atoms with Crippen LogP contribution in [0.15, 0.2) is 42.5 Å². The number of benzene rings is 2. The third kappa shape index (κ3) is 4.04. The number of carbonyl (C=O) groups is 2. The number of hydrogen-bond acceptors (Lipinski definition) is 8. The van der Waals surface area contributed by atoms with Gasteiger partial charge >= 0.3 is 6.29 Å². The molecule has 0 fully saturated rings. The third-order valence-electron chi connectivity index (χ3n) is 4.62. The number of amides is 1. The van der Waals surface area contributed by atoms with Gasteiger partial charge in [-0.3, -0.25) is 9.59 Å². The monoisotopic (exact) mass is 480 g/mol. The fraction of sp³-hybridized carbons (Fsp3) is 0.150. The van der Waals surface area contributed by atoms with Crippen LogP contribution in [0.4, 0.5) is 25.4 Å². The molecule has 1 aromatic heterocycles. The van der Waals surface area contributed by atoms with E-state index in [4.69, 9.17) is 23.1 Å². The Labute approximate surface area is 189 Å². The normalized spacial score (nSPS) is 14.8. The van der Waals surface area contributed by atoms with Crippen molar-refractivity contribution in [1.82, 2.24) is 4.98 Å². The second kappa shape index (κ2) is 7.92. The number of ether oxygens (including phenoxy) is 2. The third-order valence-corrected chi connectivity index (χ3v) is 5.94. The number of fused-ring (bicyclic) bond motifs is 1. The van der Waals surface area contributed by atoms with Crippen molar-refractivity contribution >= 4 is 51.3 Å². The lowest BCUT2D eigenvalue weighted by atomic mass is 10.1. The minimum atomic E-state index is -3.80. The van der Waals surface area contributed by atoms with Crippen LogP contribution in [0.1, 0.15) is 22.2 Å². The van der Waals surface area contributed by atoms with Crippen LogP contribution < -0.4 is 25.8 Å². The maximum atomic E-state index is 13.4. The molecule has 1 amide bonds. The Bertz CT molecular complexity index is 1220. The van der Waals surface area contributed by atoms with Crippen LogP contribution in [0.5, 0.6) is 11.5 Å². The number of halogens is 3. The van der Waals surface area contributed by atoms with E-state index in [0.29, 0.717) is 10.6 Å². The van der Waals surface area contributed by atoms with Crippen LogP contribution >= 0.6 is 22.9 Å². The lowest BCUT2D eigenvalue weighted by Crippen LogP contribution is -2.39. The molecule has 0 aliphatic carbocycles. The number of anilines is 3. The Morgan fingerprint density at radius 3 is 2.47 bits per heavy atom. The predicted octanol–water partition coefficient (Wildman–Crippen LogP) is 3.94. The van der Waals surface area contributed by atoms with E-state index in [9.17, 15) is 18.4 Å². The molecule has 1 atom stereocenters. The summed E-state index contributed by atoms with van der Waals surface area (Å²) >= 11 is 6.79. The highest BCUT2D eigenvalue weighted by Gasteiger charge is 2.44. The van der Waals surface area contributed by atoms with Crippen LogP contribution in [0.2, 0.25) is 5.02 Å². The average molecular weight is 481 g/mol. The Balaban J connectivity index is 1.74. The standard InChI is InChI=1S/C20H15ClF2N4O4S/c1-9(18(25)29)27(12-6-7-13-14(8-12)31-20(22,23)30-13)19-26-17(24)16(32-19)15(28)10-2-4-11(21)5-3-10/h2-9H,24H2,1H3,(H2,25,29)/t9-/m1/s1. The smallest absolute Gasteiger partial charge is 0.395 e. The van der Waals surface area contributed by atoms with E-state index >= 15 is 0 Å². The summed E-state index contributed by atoms with van der Waals surface area (Å²) < 4.78 is 35.7. The van der Waals surface area contributed by atoms with Gasteiger partial charge < -0.3 is 25.8 Å². The molecule has 0 unspecified atom stereocenters. The first-order chi connectivity index (χ1) is 15.1. The van der Waals surface area contributed by atoms with Crippen molar-refractivity contribution in [2.24, 2.45) is 5.73 Å². The van der Waals surface area contributed by atoms with Crippen LogP contribution in [-0.2, 0) is 4.79 Å². The van der Waals surface area contributed by atoms with Crippen molar-refractivity contribution in [3.05, 3.63) is 57.9 Å². The molecule has 8 nitrogen and oxygen atoms in total. The number of alkyl halides is 2. The molecule has 32 heavy (non-hydrogen) atoms. The summed E-state index contributed by atoms with van der Waals surface area (Å²) in [6.45, 7) is 1.50. The van der Waals surface area contributed by atoms with Gasteiger partial charge in [0.2, 0.25) is 11.7 Å². The summed E-state index contributed by atoms with van der Waals surface area (Å²) in [5, 5.41) is 0.631. The van der Waals surface area contributed by atoms with E-state index in [2.05, 4.69) is 14.5 Å². The Morgan fingerprint density at radius 1 is 1.16 bits per heavy atom. The predicted molar refractivity (Wildman–Crippen MR) is 115 cm³/mol. The van der Waals surface area contributed by atoms with Gasteiger partial charge in [-0.25, -0.2) is 4.98 Å². The highest BCUT2D eigenvalue weighted by Crippen LogP contribution is 2.45. The molecule has 4 rings (SSSR count). The van der Waals surface area contributed by atoms with Crippen LogP contribution in [-0.4, -0.2) is 29.0 Å². The van der Waals surface area contributed by atoms with Crippen LogP contribution in [0.25, 0.3) is 0 Å². The van der Waals surface area contributed by atoms with E-state index in [1.54, 1.807) is 24.3 Å². The summed E-state index contributed by atoms with van der Waals surface area (Å²) in [6, 6.07) is 9.22. The van der Waals surface area contributed by atoms with Gasteiger partial charge in [0.05, 0.1) is 0 Å². The van der Waals surface area contributed by atoms with E-state index in [1.807, 2.05) is 0 Å². The number of aromatic nitrogens is 1. The Kier molecular flexibility index (Phi) is 5.39. The summed E-state index contributed by atoms with van der Waals surface area (Å²) in [7, 11) is 0. The first-order valence-electron chi connectivity index (χ1n) is 9.11. The lowest BCUT2D eigenvalue weighted by Gasteiger charge is -2.26. The maximum Gasteiger partial charge on any atom is 0.586 e. The molecule has 166 valence electrons. The van der Waals surface area contributed by atoms with E-state index in [-0.39, 0.29) is 38.8 Å². The van der Waals surface area contributed by atoms with Gasteiger partial charge in [-0.1, -0.05) is 22.9 Å². The van der Waals surface area contributed by atoms with Gasteiger partial charge in [-0.05, 0) is 43.3 Å². The number of nitrogens with zero attached hydrogens (tertiary/aromatic N) is 2. The summed E-state index contributed by atoms with van der Waals surface area (Å²) in [6.07, 6.45) is -3.80.